The van der Waals surface area contributed by atoms with Gasteiger partial charge in [-0.05, 0) is 88.3 Å². The number of carboxylic acid groups (broad SMARTS) is 1. The molecule has 0 bridgehead atoms. The molecular formula is C56H92N12O18. The van der Waals surface area contributed by atoms with Crippen LogP contribution in [0.4, 0.5) is 0 Å². The summed E-state index contributed by atoms with van der Waals surface area (Å²) in [6.45, 7) is 16.3. The molecule has 0 spiro atoms. The number of rotatable bonds is 34. The monoisotopic (exact) mass is 1220 g/mol. The zero-order chi connectivity index (χ0) is 65.6. The zero-order valence-electron chi connectivity index (χ0n) is 51.0. The molecule has 1 saturated heterocycles. The molecule has 0 saturated carbocycles. The number of phenols is 1. The number of carbonyl (C=O) groups is 12. The predicted molar refractivity (Wildman–Crippen MR) is 309 cm³/mol. The third kappa shape index (κ3) is 23.0. The van der Waals surface area contributed by atoms with Gasteiger partial charge in [-0.2, -0.15) is 0 Å². The summed E-state index contributed by atoms with van der Waals surface area (Å²) in [6.07, 6.45) is -3.75. The normalized spacial score (nSPS) is 18.1. The van der Waals surface area contributed by atoms with E-state index in [4.69, 9.17) is 5.73 Å². The van der Waals surface area contributed by atoms with E-state index in [2.05, 4.69) is 53.2 Å². The van der Waals surface area contributed by atoms with Crippen molar-refractivity contribution >= 4 is 70.9 Å². The number of amides is 11. The Morgan fingerprint density at radius 3 is 1.58 bits per heavy atom. The molecule has 18 N–H and O–H groups in total. The van der Waals surface area contributed by atoms with Crippen molar-refractivity contribution < 1.29 is 88.2 Å². The highest BCUT2D eigenvalue weighted by molar-refractivity contribution is 5.99. The first-order valence-electron chi connectivity index (χ1n) is 28.8. The maximum Gasteiger partial charge on any atom is 0.326 e. The molecule has 0 aromatic heterocycles. The van der Waals surface area contributed by atoms with Crippen LogP contribution in [0.3, 0.4) is 0 Å². The Kier molecular flexibility index (Phi) is 30.5. The quantitative estimate of drug-likeness (QED) is 0.0309. The van der Waals surface area contributed by atoms with Crippen LogP contribution in [0.15, 0.2) is 24.3 Å². The molecule has 0 aliphatic carbocycles. The number of aliphatic carboxylic acids is 1. The highest BCUT2D eigenvalue weighted by atomic mass is 16.4. The van der Waals surface area contributed by atoms with Crippen LogP contribution < -0.4 is 58.9 Å². The van der Waals surface area contributed by atoms with Crippen LogP contribution in [0.5, 0.6) is 5.75 Å². The molecule has 1 aliphatic rings. The molecule has 11 amide bonds. The highest BCUT2D eigenvalue weighted by Gasteiger charge is 2.42. The smallest absolute Gasteiger partial charge is 0.326 e. The number of nitrogens with two attached hydrogens (primary N) is 1. The summed E-state index contributed by atoms with van der Waals surface area (Å²) < 4.78 is 0. The predicted octanol–water partition coefficient (Wildman–Crippen LogP) is -4.62. The number of phenolic OH excluding ortho intramolecular Hbond substituents is 1. The molecule has 484 valence electrons. The number of benzene rings is 1. The third-order valence-corrected chi connectivity index (χ3v) is 14.4. The van der Waals surface area contributed by atoms with Gasteiger partial charge in [-0.1, -0.05) is 73.9 Å². The van der Waals surface area contributed by atoms with Gasteiger partial charge in [-0.25, -0.2) is 4.79 Å². The summed E-state index contributed by atoms with van der Waals surface area (Å²) >= 11 is 0. The Labute approximate surface area is 500 Å². The van der Waals surface area contributed by atoms with E-state index in [9.17, 15) is 88.2 Å². The number of hydrogen-bond donors (Lipinski definition) is 17. The first-order valence-corrected chi connectivity index (χ1v) is 28.8. The van der Waals surface area contributed by atoms with Gasteiger partial charge in [0.15, 0.2) is 0 Å². The van der Waals surface area contributed by atoms with Gasteiger partial charge >= 0.3 is 5.97 Å². The van der Waals surface area contributed by atoms with Gasteiger partial charge in [0.05, 0.1) is 31.5 Å². The van der Waals surface area contributed by atoms with E-state index < -0.39 is 187 Å². The molecule has 86 heavy (non-hydrogen) atoms. The van der Waals surface area contributed by atoms with Crippen LogP contribution in [0.1, 0.15) is 114 Å². The van der Waals surface area contributed by atoms with E-state index >= 15 is 0 Å². The zero-order valence-corrected chi connectivity index (χ0v) is 51.0. The molecule has 15 atom stereocenters. The Bertz CT molecular complexity index is 2510. The number of nitrogens with zero attached hydrogens (tertiary/aromatic N) is 1. The minimum atomic E-state index is -1.75. The van der Waals surface area contributed by atoms with Crippen LogP contribution in [-0.4, -0.2) is 211 Å². The summed E-state index contributed by atoms with van der Waals surface area (Å²) in [6, 6.07) is -10.1. The summed E-state index contributed by atoms with van der Waals surface area (Å²) in [7, 11) is 0. The van der Waals surface area contributed by atoms with Crippen molar-refractivity contribution in [3.63, 3.8) is 0 Å². The molecular weight excluding hydrogens is 1130 g/mol. The molecule has 2 rings (SSSR count). The lowest BCUT2D eigenvalue weighted by Gasteiger charge is -2.32. The molecule has 1 aromatic carbocycles. The lowest BCUT2D eigenvalue weighted by Crippen LogP contribution is -2.62. The van der Waals surface area contributed by atoms with E-state index in [1.54, 1.807) is 55.4 Å². The molecule has 1 heterocycles. The molecule has 0 unspecified atom stereocenters. The number of carbonyl (C=O) groups excluding carboxylic acids is 11. The number of hydrogen-bond acceptors (Lipinski definition) is 18. The van der Waals surface area contributed by atoms with Crippen molar-refractivity contribution in [3.05, 3.63) is 29.8 Å². The lowest BCUT2D eigenvalue weighted by atomic mass is 9.96. The first-order chi connectivity index (χ1) is 40.1. The summed E-state index contributed by atoms with van der Waals surface area (Å²) in [4.78, 5) is 162. The molecule has 30 nitrogen and oxygen atoms in total. The maximum atomic E-state index is 14.2. The molecule has 0 radical (unpaired) electrons. The molecule has 1 fully saturated rings. The Morgan fingerprint density at radius 2 is 1.07 bits per heavy atom. The van der Waals surface area contributed by atoms with Crippen molar-refractivity contribution in [2.75, 3.05) is 19.7 Å². The topological polar surface area (TPSA) is 476 Å². The van der Waals surface area contributed by atoms with Crippen LogP contribution in [0.2, 0.25) is 0 Å². The van der Waals surface area contributed by atoms with Crippen LogP contribution >= 0.6 is 0 Å². The van der Waals surface area contributed by atoms with Crippen LogP contribution in [0, 0.1) is 23.7 Å². The van der Waals surface area contributed by atoms with Crippen molar-refractivity contribution in [3.8, 4) is 5.75 Å². The van der Waals surface area contributed by atoms with E-state index in [1.807, 2.05) is 0 Å². The minimum Gasteiger partial charge on any atom is -0.508 e. The van der Waals surface area contributed by atoms with Crippen molar-refractivity contribution in [1.82, 2.24) is 58.1 Å². The van der Waals surface area contributed by atoms with E-state index in [1.165, 1.54) is 45.0 Å². The third-order valence-electron chi connectivity index (χ3n) is 14.4. The number of likely N-dealkylation sites (tertiary alicyclic amines) is 1. The fourth-order valence-electron chi connectivity index (χ4n) is 8.93. The SMILES string of the molecule is CC[C@H](C)[C@H](NC(=O)[C@H](CC(C)C)NC(=O)[C@@H](NC(=O)[C@H](CO)NC(=O)[C@@H](NC(=O)CNC(=O)[C@@H](N)[C@@H](C)O)[C@@H](C)O)C(C)C)C(=O)N[C@@H](C)C(=O)N[C@H](C(=O)N1CCC[C@H]1C(=O)N[C@@H](Cc1ccc(O)cc1)C(=O)N[C@H](C(=O)O)C(C)C)[C@@H](C)O. The number of aliphatic hydroxyl groups is 4. The van der Waals surface area contributed by atoms with Crippen molar-refractivity contribution in [1.29, 1.82) is 0 Å². The average molecular weight is 1220 g/mol. The Balaban J connectivity index is 2.25. The minimum absolute atomic E-state index is 0.00254. The van der Waals surface area contributed by atoms with E-state index in [-0.39, 0.29) is 37.5 Å². The summed E-state index contributed by atoms with van der Waals surface area (Å²) in [5, 5.41) is 84.8. The van der Waals surface area contributed by atoms with Crippen LogP contribution in [0.25, 0.3) is 0 Å². The average Bonchev–Trinajstić information content (AvgIpc) is 2.85. The van der Waals surface area contributed by atoms with Gasteiger partial charge in [0, 0.05) is 13.0 Å². The molecule has 1 aliphatic heterocycles. The number of aliphatic hydroxyl groups excluding tert-OH is 4. The highest BCUT2D eigenvalue weighted by Crippen LogP contribution is 2.21. The van der Waals surface area contributed by atoms with Gasteiger partial charge in [-0.3, -0.25) is 52.7 Å². The second kappa shape index (κ2) is 35.2. The van der Waals surface area contributed by atoms with Crippen molar-refractivity contribution in [2.45, 2.75) is 200 Å². The van der Waals surface area contributed by atoms with Gasteiger partial charge in [0.25, 0.3) is 0 Å². The van der Waals surface area contributed by atoms with E-state index in [0.717, 1.165) is 11.8 Å². The fraction of sp³-hybridized carbons (Fsp3) is 0.679. The van der Waals surface area contributed by atoms with Crippen molar-refractivity contribution in [2.24, 2.45) is 29.4 Å². The lowest BCUT2D eigenvalue weighted by molar-refractivity contribution is -0.145. The van der Waals surface area contributed by atoms with Crippen LogP contribution in [-0.2, 0) is 64.0 Å². The first kappa shape index (κ1) is 74.6. The summed E-state index contributed by atoms with van der Waals surface area (Å²) in [5.74, 6) is -13.5. The second-order valence-corrected chi connectivity index (χ2v) is 23.0. The van der Waals surface area contributed by atoms with E-state index in [0.29, 0.717) is 18.4 Å². The maximum absolute atomic E-state index is 14.2. The Hall–Kier alpha value is -7.54. The number of carboxylic acids is 1. The number of aromatic hydroxyl groups is 1. The summed E-state index contributed by atoms with van der Waals surface area (Å²) in [5.41, 5.74) is 6.05. The Morgan fingerprint density at radius 1 is 0.570 bits per heavy atom. The standard InChI is InChI=1S/C56H92N12O18/c1-13-28(8)43(66-47(76)35(21-25(2)3)61-52(81)41(26(4)5)64-49(78)37(24-69)62-54(83)44(31(11)71)63-39(74)23-58-51(80)40(57)30(10)70)53(82)59-29(9)46(75)67-45(32(12)72)55(84)68-20-14-15-38(68)50(79)60-36(22-33-16-18-34(73)19-17-33)48(77)65-42(27(6)7)56(85)86/h16-19,25-32,35-38,40-45,69-73H,13-15,20-24,57H2,1-12H3,(H,58,80)(H,59,82)(H,60,79)(H,61,81)(H,62,83)(H,63,74)(H,64,78)(H,65,77)(H,66,76)(H,67,75)(H,85,86)/t28-,29-,30+,31+,32+,35-,36-,37-,38-,40-,41-,42-,43-,44-,45-/m0/s1. The molecule has 1 aromatic rings. The van der Waals surface area contributed by atoms with Gasteiger partial charge in [0.2, 0.25) is 65.0 Å². The fourth-order valence-corrected chi connectivity index (χ4v) is 8.93. The number of nitrogens with one attached hydrogen (secondary N) is 10. The van der Waals surface area contributed by atoms with Gasteiger partial charge < -0.3 is 94.4 Å². The largest absolute Gasteiger partial charge is 0.508 e. The second-order valence-electron chi connectivity index (χ2n) is 23.0. The molecule has 30 heteroatoms. The van der Waals surface area contributed by atoms with Gasteiger partial charge in [0.1, 0.15) is 72.2 Å². The van der Waals surface area contributed by atoms with Gasteiger partial charge in [-0.15, -0.1) is 0 Å².